The third-order valence-electron chi connectivity index (χ3n) is 6.06. The summed E-state index contributed by atoms with van der Waals surface area (Å²) in [5, 5.41) is 12.9. The van der Waals surface area contributed by atoms with E-state index in [9.17, 15) is 9.59 Å². The number of hydrogen-bond donors (Lipinski definition) is 2. The highest BCUT2D eigenvalue weighted by Crippen LogP contribution is 2.27. The van der Waals surface area contributed by atoms with Crippen LogP contribution < -0.4 is 14.8 Å². The number of benzene rings is 2. The van der Waals surface area contributed by atoms with Crippen molar-refractivity contribution in [3.63, 3.8) is 0 Å². The van der Waals surface area contributed by atoms with Crippen molar-refractivity contribution in [3.05, 3.63) is 59.1 Å². The van der Waals surface area contributed by atoms with E-state index in [4.69, 9.17) is 26.2 Å². The SMILES string of the molecule is CC(C)(CCCOc1ccc(Cl)cc1)C(=O)NC1CCC(Oc2ccc(C(=O)O)cc2)CC1. The number of halogens is 1. The van der Waals surface area contributed by atoms with Gasteiger partial charge in [-0.3, -0.25) is 4.79 Å². The van der Waals surface area contributed by atoms with Crippen molar-refractivity contribution in [2.75, 3.05) is 6.61 Å². The molecule has 1 aliphatic carbocycles. The van der Waals surface area contributed by atoms with Crippen LogP contribution in [0.4, 0.5) is 0 Å². The molecule has 6 nitrogen and oxygen atoms in total. The molecule has 0 unspecified atom stereocenters. The maximum absolute atomic E-state index is 12.8. The Balaban J connectivity index is 1.36. The van der Waals surface area contributed by atoms with Gasteiger partial charge < -0.3 is 19.9 Å². The van der Waals surface area contributed by atoms with Crippen LogP contribution >= 0.6 is 11.6 Å². The Morgan fingerprint density at radius 3 is 2.21 bits per heavy atom. The van der Waals surface area contributed by atoms with Gasteiger partial charge in [-0.25, -0.2) is 4.79 Å². The summed E-state index contributed by atoms with van der Waals surface area (Å²) in [4.78, 5) is 23.8. The van der Waals surface area contributed by atoms with E-state index in [1.165, 1.54) is 0 Å². The molecule has 0 atom stereocenters. The summed E-state index contributed by atoms with van der Waals surface area (Å²) in [7, 11) is 0. The predicted octanol–water partition coefficient (Wildman–Crippen LogP) is 5.73. The lowest BCUT2D eigenvalue weighted by atomic mass is 9.85. The number of rotatable bonds is 10. The molecule has 1 amide bonds. The zero-order valence-corrected chi connectivity index (χ0v) is 19.9. The molecule has 178 valence electrons. The van der Waals surface area contributed by atoms with Gasteiger partial charge in [0.25, 0.3) is 0 Å². The molecule has 3 rings (SSSR count). The fourth-order valence-corrected chi connectivity index (χ4v) is 4.05. The fourth-order valence-electron chi connectivity index (χ4n) is 3.92. The average molecular weight is 474 g/mol. The van der Waals surface area contributed by atoms with Gasteiger partial charge in [-0.1, -0.05) is 25.4 Å². The van der Waals surface area contributed by atoms with Gasteiger partial charge in [0.1, 0.15) is 11.5 Å². The van der Waals surface area contributed by atoms with Gasteiger partial charge in [0.2, 0.25) is 5.91 Å². The minimum Gasteiger partial charge on any atom is -0.494 e. The summed E-state index contributed by atoms with van der Waals surface area (Å²) in [6, 6.07) is 13.9. The van der Waals surface area contributed by atoms with Gasteiger partial charge in [-0.05, 0) is 87.1 Å². The molecule has 0 aliphatic heterocycles. The van der Waals surface area contributed by atoms with Crippen molar-refractivity contribution in [2.45, 2.75) is 64.5 Å². The second-order valence-electron chi connectivity index (χ2n) is 9.18. The first kappa shape index (κ1) is 24.9. The number of carboxylic acid groups (broad SMARTS) is 1. The highest BCUT2D eigenvalue weighted by Gasteiger charge is 2.31. The summed E-state index contributed by atoms with van der Waals surface area (Å²) in [6.07, 6.45) is 5.01. The molecule has 0 saturated heterocycles. The highest BCUT2D eigenvalue weighted by molar-refractivity contribution is 6.30. The van der Waals surface area contributed by atoms with E-state index in [0.29, 0.717) is 17.4 Å². The molecule has 0 heterocycles. The van der Waals surface area contributed by atoms with Gasteiger partial charge >= 0.3 is 5.97 Å². The smallest absolute Gasteiger partial charge is 0.335 e. The van der Waals surface area contributed by atoms with E-state index in [1.807, 2.05) is 26.0 Å². The van der Waals surface area contributed by atoms with Crippen molar-refractivity contribution in [3.8, 4) is 11.5 Å². The second kappa shape index (κ2) is 11.4. The Bertz CT molecular complexity index is 919. The molecule has 1 aliphatic rings. The lowest BCUT2D eigenvalue weighted by Crippen LogP contribution is -2.45. The number of carbonyl (C=O) groups excluding carboxylic acids is 1. The highest BCUT2D eigenvalue weighted by atomic mass is 35.5. The molecule has 33 heavy (non-hydrogen) atoms. The number of carbonyl (C=O) groups is 2. The molecule has 7 heteroatoms. The number of nitrogens with one attached hydrogen (secondary N) is 1. The Morgan fingerprint density at radius 2 is 1.61 bits per heavy atom. The van der Waals surface area contributed by atoms with Crippen LogP contribution in [0.15, 0.2) is 48.5 Å². The van der Waals surface area contributed by atoms with E-state index >= 15 is 0 Å². The first-order valence-electron chi connectivity index (χ1n) is 11.4. The fraction of sp³-hybridized carbons (Fsp3) is 0.462. The molecule has 0 aromatic heterocycles. The number of hydrogen-bond acceptors (Lipinski definition) is 4. The van der Waals surface area contributed by atoms with E-state index in [1.54, 1.807) is 36.4 Å². The van der Waals surface area contributed by atoms with Crippen LogP contribution in [0.25, 0.3) is 0 Å². The van der Waals surface area contributed by atoms with E-state index in [0.717, 1.165) is 44.3 Å². The zero-order valence-electron chi connectivity index (χ0n) is 19.2. The molecule has 2 aromatic rings. The summed E-state index contributed by atoms with van der Waals surface area (Å²) in [5.41, 5.74) is -0.226. The van der Waals surface area contributed by atoms with Crippen LogP contribution in [-0.4, -0.2) is 35.7 Å². The largest absolute Gasteiger partial charge is 0.494 e. The summed E-state index contributed by atoms with van der Waals surface area (Å²) in [5.74, 6) is 0.574. The van der Waals surface area contributed by atoms with Crippen LogP contribution in [0, 0.1) is 5.41 Å². The van der Waals surface area contributed by atoms with E-state index in [-0.39, 0.29) is 23.6 Å². The van der Waals surface area contributed by atoms with E-state index < -0.39 is 11.4 Å². The van der Waals surface area contributed by atoms with Crippen LogP contribution in [0.5, 0.6) is 11.5 Å². The van der Waals surface area contributed by atoms with Crippen molar-refractivity contribution in [2.24, 2.45) is 5.41 Å². The van der Waals surface area contributed by atoms with Crippen LogP contribution in [0.1, 0.15) is 62.7 Å². The van der Waals surface area contributed by atoms with Crippen molar-refractivity contribution >= 4 is 23.5 Å². The molecule has 0 radical (unpaired) electrons. The summed E-state index contributed by atoms with van der Waals surface area (Å²) in [6.45, 7) is 4.49. The van der Waals surface area contributed by atoms with Crippen LogP contribution in [-0.2, 0) is 4.79 Å². The van der Waals surface area contributed by atoms with Crippen molar-refractivity contribution < 1.29 is 24.2 Å². The van der Waals surface area contributed by atoms with Gasteiger partial charge in [-0.2, -0.15) is 0 Å². The van der Waals surface area contributed by atoms with Crippen molar-refractivity contribution in [1.29, 1.82) is 0 Å². The van der Waals surface area contributed by atoms with Crippen LogP contribution in [0.2, 0.25) is 5.02 Å². The molecule has 2 N–H and O–H groups in total. The Kier molecular flexibility index (Phi) is 8.61. The maximum atomic E-state index is 12.8. The molecular weight excluding hydrogens is 442 g/mol. The summed E-state index contributed by atoms with van der Waals surface area (Å²) >= 11 is 5.88. The lowest BCUT2D eigenvalue weighted by Gasteiger charge is -2.32. The third kappa shape index (κ3) is 7.67. The average Bonchev–Trinajstić information content (AvgIpc) is 2.79. The van der Waals surface area contributed by atoms with Gasteiger partial charge in [0.05, 0.1) is 18.3 Å². The monoisotopic (exact) mass is 473 g/mol. The molecule has 1 saturated carbocycles. The first-order valence-corrected chi connectivity index (χ1v) is 11.8. The Labute approximate surface area is 200 Å². The molecule has 0 bridgehead atoms. The third-order valence-corrected chi connectivity index (χ3v) is 6.31. The quantitative estimate of drug-likeness (QED) is 0.430. The number of amides is 1. The number of aromatic carboxylic acids is 1. The summed E-state index contributed by atoms with van der Waals surface area (Å²) < 4.78 is 11.7. The number of carboxylic acids is 1. The second-order valence-corrected chi connectivity index (χ2v) is 9.62. The van der Waals surface area contributed by atoms with Crippen molar-refractivity contribution in [1.82, 2.24) is 5.32 Å². The topological polar surface area (TPSA) is 84.9 Å². The molecule has 2 aromatic carbocycles. The number of ether oxygens (including phenoxy) is 2. The maximum Gasteiger partial charge on any atom is 0.335 e. The first-order chi connectivity index (χ1) is 15.7. The van der Waals surface area contributed by atoms with Gasteiger partial charge in [0.15, 0.2) is 0 Å². The minimum atomic E-state index is -0.949. The molecule has 0 spiro atoms. The molecular formula is C26H32ClNO5. The van der Waals surface area contributed by atoms with Gasteiger partial charge in [-0.15, -0.1) is 0 Å². The molecule has 1 fully saturated rings. The Morgan fingerprint density at radius 1 is 1.00 bits per heavy atom. The van der Waals surface area contributed by atoms with Crippen LogP contribution in [0.3, 0.4) is 0 Å². The lowest BCUT2D eigenvalue weighted by molar-refractivity contribution is -0.130. The normalized spacial score (nSPS) is 18.4. The Hall–Kier alpha value is -2.73. The minimum absolute atomic E-state index is 0.0719. The predicted molar refractivity (Wildman–Crippen MR) is 128 cm³/mol. The van der Waals surface area contributed by atoms with Gasteiger partial charge in [0, 0.05) is 16.5 Å². The standard InChI is InChI=1S/C26H32ClNO5/c1-26(2,16-3-17-32-21-12-6-19(27)7-13-21)25(31)28-20-8-14-23(15-9-20)33-22-10-4-18(5-11-22)24(29)30/h4-7,10-13,20,23H,3,8-9,14-17H2,1-2H3,(H,28,31)(H,29,30). The zero-order chi connectivity index (χ0) is 23.8. The van der Waals surface area contributed by atoms with E-state index in [2.05, 4.69) is 5.32 Å².